The molecule has 0 atom stereocenters. The van der Waals surface area contributed by atoms with E-state index in [0.29, 0.717) is 13.0 Å². The van der Waals surface area contributed by atoms with Gasteiger partial charge in [-0.25, -0.2) is 4.98 Å². The molecule has 0 saturated carbocycles. The molecule has 7 heteroatoms. The van der Waals surface area contributed by atoms with Crippen LogP contribution in [-0.4, -0.2) is 61.4 Å². The standard InChI is InChI=1S/C12H19N3O2S2/c1-18-12-14-10(9-19-12)8-11(16)13-2-3-15-4-6-17-7-5-15/h9H,2-8H2,1H3,(H,13,16). The van der Waals surface area contributed by atoms with Gasteiger partial charge in [-0.1, -0.05) is 11.8 Å². The first-order valence-corrected chi connectivity index (χ1v) is 8.43. The van der Waals surface area contributed by atoms with Gasteiger partial charge in [-0.3, -0.25) is 9.69 Å². The third kappa shape index (κ3) is 5.10. The van der Waals surface area contributed by atoms with Crippen LogP contribution in [0.1, 0.15) is 5.69 Å². The molecule has 106 valence electrons. The number of hydrogen-bond acceptors (Lipinski definition) is 6. The molecule has 5 nitrogen and oxygen atoms in total. The molecule has 0 radical (unpaired) electrons. The van der Waals surface area contributed by atoms with Crippen LogP contribution >= 0.6 is 23.1 Å². The molecular weight excluding hydrogens is 282 g/mol. The summed E-state index contributed by atoms with van der Waals surface area (Å²) in [7, 11) is 0. The Bertz CT molecular complexity index is 405. The van der Waals surface area contributed by atoms with Crippen LogP contribution in [0.3, 0.4) is 0 Å². The van der Waals surface area contributed by atoms with Crippen molar-refractivity contribution in [2.24, 2.45) is 0 Å². The second kappa shape index (κ2) is 7.84. The molecule has 0 spiro atoms. The Morgan fingerprint density at radius 1 is 1.58 bits per heavy atom. The normalized spacial score (nSPS) is 16.5. The molecule has 0 unspecified atom stereocenters. The third-order valence-corrected chi connectivity index (χ3v) is 4.81. The molecular formula is C12H19N3O2S2. The van der Waals surface area contributed by atoms with Crippen LogP contribution in [0.2, 0.25) is 0 Å². The van der Waals surface area contributed by atoms with E-state index in [0.717, 1.165) is 42.9 Å². The van der Waals surface area contributed by atoms with Crippen molar-refractivity contribution in [1.82, 2.24) is 15.2 Å². The first kappa shape index (κ1) is 14.8. The number of amides is 1. The molecule has 2 rings (SSSR count). The number of hydrogen-bond donors (Lipinski definition) is 1. The second-order valence-corrected chi connectivity index (χ2v) is 6.20. The van der Waals surface area contributed by atoms with E-state index in [-0.39, 0.29) is 5.91 Å². The van der Waals surface area contributed by atoms with Crippen molar-refractivity contribution in [1.29, 1.82) is 0 Å². The molecule has 1 fully saturated rings. The molecule has 2 heterocycles. The number of thioether (sulfide) groups is 1. The van der Waals surface area contributed by atoms with Gasteiger partial charge in [-0.2, -0.15) is 0 Å². The van der Waals surface area contributed by atoms with Crippen molar-refractivity contribution >= 4 is 29.0 Å². The highest BCUT2D eigenvalue weighted by Gasteiger charge is 2.11. The zero-order valence-corrected chi connectivity index (χ0v) is 12.7. The summed E-state index contributed by atoms with van der Waals surface area (Å²) in [6, 6.07) is 0. The number of carbonyl (C=O) groups excluding carboxylic acids is 1. The van der Waals surface area contributed by atoms with Crippen LogP contribution < -0.4 is 5.32 Å². The van der Waals surface area contributed by atoms with Gasteiger partial charge in [0.2, 0.25) is 5.91 Å². The summed E-state index contributed by atoms with van der Waals surface area (Å²) in [6.07, 6.45) is 2.37. The monoisotopic (exact) mass is 301 g/mol. The summed E-state index contributed by atoms with van der Waals surface area (Å²) in [5.74, 6) is 0.0474. The highest BCUT2D eigenvalue weighted by molar-refractivity contribution is 8.00. The van der Waals surface area contributed by atoms with Crippen LogP contribution in [0, 0.1) is 0 Å². The highest BCUT2D eigenvalue weighted by Crippen LogP contribution is 2.19. The van der Waals surface area contributed by atoms with E-state index in [1.807, 2.05) is 11.6 Å². The lowest BCUT2D eigenvalue weighted by atomic mass is 10.3. The fourth-order valence-electron chi connectivity index (χ4n) is 1.87. The number of rotatable bonds is 6. The zero-order valence-electron chi connectivity index (χ0n) is 11.1. The van der Waals surface area contributed by atoms with E-state index >= 15 is 0 Å². The van der Waals surface area contributed by atoms with Crippen LogP contribution in [-0.2, 0) is 16.0 Å². The van der Waals surface area contributed by atoms with Crippen LogP contribution in [0.4, 0.5) is 0 Å². The summed E-state index contributed by atoms with van der Waals surface area (Å²) < 4.78 is 6.29. The molecule has 1 amide bonds. The van der Waals surface area contributed by atoms with E-state index in [4.69, 9.17) is 4.74 Å². The molecule has 0 bridgehead atoms. The van der Waals surface area contributed by atoms with Gasteiger partial charge in [0.15, 0.2) is 0 Å². The van der Waals surface area contributed by atoms with Gasteiger partial charge >= 0.3 is 0 Å². The van der Waals surface area contributed by atoms with Gasteiger partial charge in [0.05, 0.1) is 25.3 Å². The number of nitrogens with one attached hydrogen (secondary N) is 1. The quantitative estimate of drug-likeness (QED) is 0.790. The first-order valence-electron chi connectivity index (χ1n) is 6.33. The summed E-state index contributed by atoms with van der Waals surface area (Å²) in [5, 5.41) is 4.89. The molecule has 1 aliphatic rings. The van der Waals surface area contributed by atoms with Gasteiger partial charge in [-0.15, -0.1) is 11.3 Å². The zero-order chi connectivity index (χ0) is 13.5. The fourth-order valence-corrected chi connectivity index (χ4v) is 3.15. The van der Waals surface area contributed by atoms with E-state index < -0.39 is 0 Å². The molecule has 0 aliphatic carbocycles. The molecule has 0 aromatic carbocycles. The number of aromatic nitrogens is 1. The molecule has 19 heavy (non-hydrogen) atoms. The number of nitrogens with zero attached hydrogens (tertiary/aromatic N) is 2. The Kier molecular flexibility index (Phi) is 6.09. The maximum atomic E-state index is 11.8. The molecule has 1 saturated heterocycles. The first-order chi connectivity index (χ1) is 9.28. The van der Waals surface area contributed by atoms with Crippen LogP contribution in [0.15, 0.2) is 9.72 Å². The van der Waals surface area contributed by atoms with Gasteiger partial charge in [0, 0.05) is 31.6 Å². The maximum Gasteiger partial charge on any atom is 0.226 e. The summed E-state index contributed by atoms with van der Waals surface area (Å²) in [6.45, 7) is 5.09. The Hall–Kier alpha value is -0.630. The Morgan fingerprint density at radius 3 is 3.05 bits per heavy atom. The van der Waals surface area contributed by atoms with E-state index in [1.54, 1.807) is 23.1 Å². The minimum Gasteiger partial charge on any atom is -0.379 e. The van der Waals surface area contributed by atoms with Crippen molar-refractivity contribution in [2.45, 2.75) is 10.8 Å². The second-order valence-electron chi connectivity index (χ2n) is 4.29. The lowest BCUT2D eigenvalue weighted by molar-refractivity contribution is -0.120. The average molecular weight is 301 g/mol. The SMILES string of the molecule is CSc1nc(CC(=O)NCCN2CCOCC2)cs1. The number of thiazole rings is 1. The molecule has 1 aromatic heterocycles. The summed E-state index contributed by atoms with van der Waals surface area (Å²) in [5.41, 5.74) is 0.859. The predicted octanol–water partition coefficient (Wildman–Crippen LogP) is 0.856. The number of carbonyl (C=O) groups is 1. The van der Waals surface area contributed by atoms with Crippen molar-refractivity contribution < 1.29 is 9.53 Å². The van der Waals surface area contributed by atoms with E-state index in [9.17, 15) is 4.79 Å². The van der Waals surface area contributed by atoms with E-state index in [1.165, 1.54) is 0 Å². The van der Waals surface area contributed by atoms with Crippen molar-refractivity contribution in [3.8, 4) is 0 Å². The third-order valence-electron chi connectivity index (χ3n) is 2.90. The fraction of sp³-hybridized carbons (Fsp3) is 0.667. The van der Waals surface area contributed by atoms with Crippen molar-refractivity contribution in [3.63, 3.8) is 0 Å². The smallest absolute Gasteiger partial charge is 0.226 e. The molecule has 1 aliphatic heterocycles. The maximum absolute atomic E-state index is 11.8. The number of ether oxygens (including phenoxy) is 1. The van der Waals surface area contributed by atoms with Gasteiger partial charge < -0.3 is 10.1 Å². The molecule has 1 aromatic rings. The average Bonchev–Trinajstić information content (AvgIpc) is 2.87. The lowest BCUT2D eigenvalue weighted by Gasteiger charge is -2.26. The highest BCUT2D eigenvalue weighted by atomic mass is 32.2. The topological polar surface area (TPSA) is 54.5 Å². The predicted molar refractivity (Wildman–Crippen MR) is 77.9 cm³/mol. The molecule has 1 N–H and O–H groups in total. The Labute approximate surface area is 121 Å². The van der Waals surface area contributed by atoms with Crippen molar-refractivity contribution in [3.05, 3.63) is 11.1 Å². The minimum atomic E-state index is 0.0474. The van der Waals surface area contributed by atoms with Crippen molar-refractivity contribution in [2.75, 3.05) is 45.6 Å². The largest absolute Gasteiger partial charge is 0.379 e. The van der Waals surface area contributed by atoms with E-state index in [2.05, 4.69) is 15.2 Å². The van der Waals surface area contributed by atoms with Gasteiger partial charge in [-0.05, 0) is 6.26 Å². The van der Waals surface area contributed by atoms with Crippen LogP contribution in [0.25, 0.3) is 0 Å². The number of morpholine rings is 1. The van der Waals surface area contributed by atoms with Gasteiger partial charge in [0.1, 0.15) is 4.34 Å². The van der Waals surface area contributed by atoms with Gasteiger partial charge in [0.25, 0.3) is 0 Å². The Balaban J connectivity index is 1.63. The lowest BCUT2D eigenvalue weighted by Crippen LogP contribution is -2.41. The van der Waals surface area contributed by atoms with Crippen LogP contribution in [0.5, 0.6) is 0 Å². The summed E-state index contributed by atoms with van der Waals surface area (Å²) in [4.78, 5) is 18.4. The Morgan fingerprint density at radius 2 is 2.37 bits per heavy atom. The summed E-state index contributed by atoms with van der Waals surface area (Å²) >= 11 is 3.20. The minimum absolute atomic E-state index is 0.0474.